The summed E-state index contributed by atoms with van der Waals surface area (Å²) in [5.41, 5.74) is 13.6. The number of carbonyl (C=O) groups excluding carboxylic acids is 2. The number of carbonyl (C=O) groups is 2. The van der Waals surface area contributed by atoms with Crippen molar-refractivity contribution in [2.75, 3.05) is 13.3 Å². The van der Waals surface area contributed by atoms with Gasteiger partial charge in [0, 0.05) is 34.6 Å². The lowest BCUT2D eigenvalue weighted by Gasteiger charge is -2.37. The number of amides is 2. The minimum atomic E-state index is -0.736. The molecule has 2 N–H and O–H groups in total. The van der Waals surface area contributed by atoms with E-state index in [0.29, 0.717) is 19.6 Å². The molecular formula is C41H46N4O4. The Morgan fingerprint density at radius 3 is 2.73 bits per heavy atom. The Hall–Kier alpha value is -4.69. The van der Waals surface area contributed by atoms with Crippen molar-refractivity contribution < 1.29 is 19.1 Å². The van der Waals surface area contributed by atoms with Gasteiger partial charge >= 0.3 is 0 Å². The summed E-state index contributed by atoms with van der Waals surface area (Å²) >= 11 is 0. The highest BCUT2D eigenvalue weighted by molar-refractivity contribution is 5.94. The molecule has 1 aromatic heterocycles. The Labute approximate surface area is 289 Å². The first kappa shape index (κ1) is 32.8. The molecule has 7 rings (SSSR count). The van der Waals surface area contributed by atoms with Crippen LogP contribution in [0.25, 0.3) is 16.6 Å². The molecule has 0 radical (unpaired) electrons. The number of ether oxygens (including phenoxy) is 2. The molecule has 0 saturated heterocycles. The standard InChI is InChI=1S/C41H46N4O4/c1-7-29-26(5)48-21-33-25(4)45-20-32-39-34(44-41(47)27(6)49-22-42-37(46)15-11-14-28-12-9-8-10-13-28)17-16-30-24(3)23(2)18-35(38(30)39)43-40(32)36(45)19-31(29)33/h8-10,12-13,18-19,27,29,34H,4-5,7,11,14-17,20-22H2,1-3,6H3,(H,42,46)(H,44,47). The van der Waals surface area contributed by atoms with Gasteiger partial charge < -0.3 is 25.0 Å². The molecule has 3 unspecified atom stereocenters. The lowest BCUT2D eigenvalue weighted by molar-refractivity contribution is -0.135. The lowest BCUT2D eigenvalue weighted by atomic mass is 9.80. The molecule has 4 heterocycles. The van der Waals surface area contributed by atoms with E-state index in [1.165, 1.54) is 27.8 Å². The lowest BCUT2D eigenvalue weighted by Crippen LogP contribution is -2.40. The predicted molar refractivity (Wildman–Crippen MR) is 192 cm³/mol. The molecule has 4 aliphatic rings. The van der Waals surface area contributed by atoms with Gasteiger partial charge in [0.05, 0.1) is 35.3 Å². The van der Waals surface area contributed by atoms with Crippen LogP contribution in [0.3, 0.4) is 0 Å². The number of aromatic nitrogens is 1. The van der Waals surface area contributed by atoms with Crippen LogP contribution in [0.5, 0.6) is 0 Å². The number of nitrogens with one attached hydrogen (secondary N) is 2. The second-order valence-corrected chi connectivity index (χ2v) is 13.7. The molecule has 3 atom stereocenters. The molecule has 1 aliphatic carbocycles. The highest BCUT2D eigenvalue weighted by atomic mass is 16.5. The fraction of sp³-hybridized carbons (Fsp3) is 0.390. The normalized spacial score (nSPS) is 19.9. The van der Waals surface area contributed by atoms with E-state index in [2.05, 4.69) is 73.7 Å². The maximum Gasteiger partial charge on any atom is 0.249 e. The van der Waals surface area contributed by atoms with Crippen LogP contribution in [-0.2, 0) is 38.4 Å². The topological polar surface area (TPSA) is 92.8 Å². The van der Waals surface area contributed by atoms with Crippen molar-refractivity contribution in [2.45, 2.75) is 84.9 Å². The van der Waals surface area contributed by atoms with Crippen LogP contribution in [-0.4, -0.2) is 41.1 Å². The molecule has 3 aromatic rings. The Kier molecular flexibility index (Phi) is 8.92. The van der Waals surface area contributed by atoms with Gasteiger partial charge in [-0.2, -0.15) is 0 Å². The average Bonchev–Trinajstić information content (AvgIpc) is 3.46. The number of nitrogens with zero attached hydrogens (tertiary/aromatic N) is 2. The van der Waals surface area contributed by atoms with Gasteiger partial charge in [0.1, 0.15) is 19.4 Å². The van der Waals surface area contributed by atoms with Crippen LogP contribution >= 0.6 is 0 Å². The highest BCUT2D eigenvalue weighted by Gasteiger charge is 2.41. The number of rotatable bonds is 10. The van der Waals surface area contributed by atoms with Crippen LogP contribution in [0, 0.1) is 19.8 Å². The highest BCUT2D eigenvalue weighted by Crippen LogP contribution is 2.50. The SMILES string of the molecule is C=C1OCC2=C(C=C3c4nc5cc(C)c(C)c6c5c(c4CN3C2=C)C(NC(=O)C(C)OCNC(=O)CCCc2ccccc2)CC6)C1CC. The van der Waals surface area contributed by atoms with Gasteiger partial charge in [0.25, 0.3) is 0 Å². The van der Waals surface area contributed by atoms with Crippen molar-refractivity contribution in [1.29, 1.82) is 0 Å². The van der Waals surface area contributed by atoms with E-state index < -0.39 is 6.10 Å². The van der Waals surface area contributed by atoms with Gasteiger partial charge in [0.15, 0.2) is 0 Å². The molecule has 0 saturated carbocycles. The van der Waals surface area contributed by atoms with Crippen LogP contribution in [0.4, 0.5) is 0 Å². The Bertz CT molecular complexity index is 1940. The molecule has 8 nitrogen and oxygen atoms in total. The summed E-state index contributed by atoms with van der Waals surface area (Å²) < 4.78 is 11.8. The monoisotopic (exact) mass is 658 g/mol. The number of aryl methyl sites for hydroxylation is 3. The van der Waals surface area contributed by atoms with E-state index in [-0.39, 0.29) is 30.5 Å². The van der Waals surface area contributed by atoms with E-state index in [4.69, 9.17) is 14.5 Å². The quantitative estimate of drug-likeness (QED) is 0.228. The van der Waals surface area contributed by atoms with Crippen molar-refractivity contribution >= 4 is 28.4 Å². The number of pyridine rings is 1. The van der Waals surface area contributed by atoms with Crippen molar-refractivity contribution in [3.8, 4) is 0 Å². The van der Waals surface area contributed by atoms with Crippen molar-refractivity contribution in [1.82, 2.24) is 20.5 Å². The summed E-state index contributed by atoms with van der Waals surface area (Å²) in [5.74, 6) is 0.628. The first-order valence-electron chi connectivity index (χ1n) is 17.6. The van der Waals surface area contributed by atoms with E-state index in [1.54, 1.807) is 6.92 Å². The summed E-state index contributed by atoms with van der Waals surface area (Å²) in [6, 6.07) is 12.1. The van der Waals surface area contributed by atoms with Crippen LogP contribution in [0.15, 0.2) is 78.2 Å². The van der Waals surface area contributed by atoms with E-state index in [9.17, 15) is 9.59 Å². The maximum absolute atomic E-state index is 13.6. The smallest absolute Gasteiger partial charge is 0.249 e. The number of hydrogen-bond donors (Lipinski definition) is 2. The second kappa shape index (κ2) is 13.3. The van der Waals surface area contributed by atoms with Crippen molar-refractivity contribution in [3.63, 3.8) is 0 Å². The molecule has 254 valence electrons. The number of allylic oxidation sites excluding steroid dienone is 2. The third-order valence-electron chi connectivity index (χ3n) is 10.8. The van der Waals surface area contributed by atoms with Gasteiger partial charge in [-0.3, -0.25) is 9.59 Å². The number of fused-ring (bicyclic) bond motifs is 4. The Morgan fingerprint density at radius 1 is 1.16 bits per heavy atom. The first-order chi connectivity index (χ1) is 23.7. The minimum Gasteiger partial charge on any atom is -0.493 e. The second-order valence-electron chi connectivity index (χ2n) is 13.7. The zero-order valence-electron chi connectivity index (χ0n) is 29.1. The zero-order valence-corrected chi connectivity index (χ0v) is 29.1. The van der Waals surface area contributed by atoms with Gasteiger partial charge in [-0.05, 0) is 98.4 Å². The van der Waals surface area contributed by atoms with Crippen LogP contribution in [0.2, 0.25) is 0 Å². The summed E-state index contributed by atoms with van der Waals surface area (Å²) in [5, 5.41) is 7.29. The molecule has 0 spiro atoms. The first-order valence-corrected chi connectivity index (χ1v) is 17.6. The molecule has 0 fully saturated rings. The summed E-state index contributed by atoms with van der Waals surface area (Å²) in [6.45, 7) is 18.1. The number of hydrogen-bond acceptors (Lipinski definition) is 6. The minimum absolute atomic E-state index is 0.0165. The van der Waals surface area contributed by atoms with E-state index in [0.717, 1.165) is 82.6 Å². The molecule has 8 heteroatoms. The third kappa shape index (κ3) is 5.97. The molecule has 2 amide bonds. The molecule has 49 heavy (non-hydrogen) atoms. The van der Waals surface area contributed by atoms with Gasteiger partial charge in [-0.15, -0.1) is 0 Å². The summed E-state index contributed by atoms with van der Waals surface area (Å²) in [7, 11) is 0. The fourth-order valence-electron chi connectivity index (χ4n) is 7.95. The summed E-state index contributed by atoms with van der Waals surface area (Å²) in [4.78, 5) is 33.6. The average molecular weight is 659 g/mol. The van der Waals surface area contributed by atoms with E-state index >= 15 is 0 Å². The molecule has 3 aliphatic heterocycles. The summed E-state index contributed by atoms with van der Waals surface area (Å²) in [6.07, 6.45) is 6.06. The van der Waals surface area contributed by atoms with Crippen molar-refractivity contribution in [3.05, 3.63) is 117 Å². The third-order valence-corrected chi connectivity index (χ3v) is 10.8. The van der Waals surface area contributed by atoms with Crippen LogP contribution in [0.1, 0.15) is 84.6 Å². The predicted octanol–water partition coefficient (Wildman–Crippen LogP) is 7.01. The van der Waals surface area contributed by atoms with Crippen LogP contribution < -0.4 is 10.6 Å². The van der Waals surface area contributed by atoms with Gasteiger partial charge in [0.2, 0.25) is 11.8 Å². The Balaban J connectivity index is 1.11. The van der Waals surface area contributed by atoms with E-state index in [1.807, 2.05) is 18.2 Å². The molecular weight excluding hydrogens is 612 g/mol. The van der Waals surface area contributed by atoms with Crippen molar-refractivity contribution in [2.24, 2.45) is 5.92 Å². The van der Waals surface area contributed by atoms with Gasteiger partial charge in [-0.25, -0.2) is 4.98 Å². The zero-order chi connectivity index (χ0) is 34.4. The largest absolute Gasteiger partial charge is 0.493 e. The Morgan fingerprint density at radius 2 is 1.96 bits per heavy atom. The maximum atomic E-state index is 13.6. The molecule has 0 bridgehead atoms. The number of benzene rings is 2. The van der Waals surface area contributed by atoms with Gasteiger partial charge in [-0.1, -0.05) is 50.4 Å². The fourth-order valence-corrected chi connectivity index (χ4v) is 7.95. The molecule has 2 aromatic carbocycles.